The highest BCUT2D eigenvalue weighted by Crippen LogP contribution is 2.22. The van der Waals surface area contributed by atoms with Crippen molar-refractivity contribution in [3.8, 4) is 0 Å². The second kappa shape index (κ2) is 4.84. The maximum absolute atomic E-state index is 11.1. The summed E-state index contributed by atoms with van der Waals surface area (Å²) in [6.45, 7) is 0. The van der Waals surface area contributed by atoms with Gasteiger partial charge in [-0.15, -0.1) is 5.10 Å². The van der Waals surface area contributed by atoms with E-state index < -0.39 is 21.3 Å². The van der Waals surface area contributed by atoms with Gasteiger partial charge in [-0.3, -0.25) is 5.10 Å². The van der Waals surface area contributed by atoms with Crippen LogP contribution in [-0.4, -0.2) is 30.7 Å². The van der Waals surface area contributed by atoms with Crippen LogP contribution in [0.4, 0.5) is 0 Å². The molecule has 0 saturated heterocycles. The van der Waals surface area contributed by atoms with E-state index >= 15 is 0 Å². The lowest BCUT2D eigenvalue weighted by atomic mass is 10.1. The average Bonchev–Trinajstić information content (AvgIpc) is 2.81. The number of sulfonamides is 1. The Morgan fingerprint density at radius 1 is 1.33 bits per heavy atom. The lowest BCUT2D eigenvalue weighted by Crippen LogP contribution is -2.14. The zero-order valence-corrected chi connectivity index (χ0v) is 10.4. The van der Waals surface area contributed by atoms with Crippen LogP contribution in [0.1, 0.15) is 17.5 Å². The van der Waals surface area contributed by atoms with Crippen molar-refractivity contribution in [2.75, 3.05) is 7.11 Å². The first kappa shape index (κ1) is 12.7. The predicted molar refractivity (Wildman–Crippen MR) is 63.0 cm³/mol. The summed E-state index contributed by atoms with van der Waals surface area (Å²) in [7, 11) is -2.42. The summed E-state index contributed by atoms with van der Waals surface area (Å²) in [5, 5.41) is 10.6. The standard InChI is InChI=1S/C10H12N4O3S/c1-17-8(7-5-3-2-4-6-7)9-12-10(14-13-9)18(11,15)16/h2-6,8H,1H3,(H2,11,15,16)(H,12,13,14). The largest absolute Gasteiger partial charge is 0.369 e. The highest BCUT2D eigenvalue weighted by molar-refractivity contribution is 7.89. The molecule has 0 bridgehead atoms. The van der Waals surface area contributed by atoms with E-state index in [1.165, 1.54) is 7.11 Å². The molecule has 8 heteroatoms. The fourth-order valence-electron chi connectivity index (χ4n) is 1.54. The van der Waals surface area contributed by atoms with Crippen molar-refractivity contribution in [3.05, 3.63) is 41.7 Å². The Hall–Kier alpha value is -1.77. The normalized spacial score (nSPS) is 13.4. The number of ether oxygens (including phenoxy) is 1. The monoisotopic (exact) mass is 268 g/mol. The number of hydrogen-bond donors (Lipinski definition) is 2. The Morgan fingerprint density at radius 2 is 2.00 bits per heavy atom. The quantitative estimate of drug-likeness (QED) is 0.822. The molecule has 1 aromatic heterocycles. The molecule has 1 unspecified atom stereocenters. The highest BCUT2D eigenvalue weighted by Gasteiger charge is 2.21. The van der Waals surface area contributed by atoms with Gasteiger partial charge in [0, 0.05) is 7.11 Å². The van der Waals surface area contributed by atoms with E-state index in [2.05, 4.69) is 15.2 Å². The van der Waals surface area contributed by atoms with Gasteiger partial charge in [-0.2, -0.15) is 4.98 Å². The average molecular weight is 268 g/mol. The maximum atomic E-state index is 11.1. The third-order valence-corrected chi connectivity index (χ3v) is 3.01. The minimum atomic E-state index is -3.91. The number of nitrogens with zero attached hydrogens (tertiary/aromatic N) is 2. The number of aromatic nitrogens is 3. The Morgan fingerprint density at radius 3 is 2.50 bits per heavy atom. The molecule has 0 aliphatic heterocycles. The summed E-state index contributed by atoms with van der Waals surface area (Å²) in [4.78, 5) is 3.82. The summed E-state index contributed by atoms with van der Waals surface area (Å²) >= 11 is 0. The van der Waals surface area contributed by atoms with E-state index in [-0.39, 0.29) is 5.82 Å². The second-order valence-electron chi connectivity index (χ2n) is 3.57. The number of H-pyrrole nitrogens is 1. The molecule has 0 aliphatic carbocycles. The summed E-state index contributed by atoms with van der Waals surface area (Å²) < 4.78 is 27.5. The molecule has 1 heterocycles. The predicted octanol–water partition coefficient (Wildman–Crippen LogP) is 0.188. The lowest BCUT2D eigenvalue weighted by molar-refractivity contribution is 0.129. The van der Waals surface area contributed by atoms with Crippen LogP contribution in [0.5, 0.6) is 0 Å². The molecule has 1 aromatic carbocycles. The summed E-state index contributed by atoms with van der Waals surface area (Å²) in [6.07, 6.45) is -0.519. The molecule has 0 radical (unpaired) electrons. The Balaban J connectivity index is 2.38. The first-order valence-corrected chi connectivity index (χ1v) is 6.60. The minimum Gasteiger partial charge on any atom is -0.369 e. The van der Waals surface area contributed by atoms with Gasteiger partial charge in [0.1, 0.15) is 6.10 Å². The molecule has 2 aromatic rings. The molecule has 1 atom stereocenters. The van der Waals surface area contributed by atoms with Gasteiger partial charge in [0.15, 0.2) is 5.82 Å². The number of rotatable bonds is 4. The molecule has 0 saturated carbocycles. The molecule has 0 spiro atoms. The third kappa shape index (κ3) is 2.55. The topological polar surface area (TPSA) is 111 Å². The fraction of sp³-hybridized carbons (Fsp3) is 0.200. The third-order valence-electron chi connectivity index (χ3n) is 2.32. The summed E-state index contributed by atoms with van der Waals surface area (Å²) in [5.74, 6) is 0.285. The second-order valence-corrected chi connectivity index (χ2v) is 5.03. The lowest BCUT2D eigenvalue weighted by Gasteiger charge is -2.11. The number of hydrogen-bond acceptors (Lipinski definition) is 5. The molecule has 18 heavy (non-hydrogen) atoms. The van der Waals surface area contributed by atoms with Crippen LogP contribution in [0.15, 0.2) is 35.5 Å². The number of nitrogens with two attached hydrogens (primary N) is 1. The van der Waals surface area contributed by atoms with Crippen LogP contribution in [0, 0.1) is 0 Å². The van der Waals surface area contributed by atoms with Gasteiger partial charge in [-0.05, 0) is 5.56 Å². The van der Waals surface area contributed by atoms with E-state index in [1.54, 1.807) is 0 Å². The molecule has 2 rings (SSSR count). The fourth-order valence-corrected chi connectivity index (χ4v) is 1.93. The van der Waals surface area contributed by atoms with Crippen LogP contribution in [0.25, 0.3) is 0 Å². The van der Waals surface area contributed by atoms with Gasteiger partial charge < -0.3 is 4.74 Å². The Labute approximate surface area is 104 Å². The van der Waals surface area contributed by atoms with Gasteiger partial charge in [-0.1, -0.05) is 30.3 Å². The molecule has 96 valence electrons. The van der Waals surface area contributed by atoms with Gasteiger partial charge in [-0.25, -0.2) is 13.6 Å². The van der Waals surface area contributed by atoms with Gasteiger partial charge >= 0.3 is 0 Å². The molecule has 0 fully saturated rings. The molecule has 0 amide bonds. The van der Waals surface area contributed by atoms with E-state index in [0.29, 0.717) is 0 Å². The molecular formula is C10H12N4O3S. The zero-order valence-electron chi connectivity index (χ0n) is 9.57. The summed E-state index contributed by atoms with van der Waals surface area (Å²) in [5.41, 5.74) is 0.831. The summed E-state index contributed by atoms with van der Waals surface area (Å²) in [6, 6.07) is 9.24. The SMILES string of the molecule is COC(c1ccccc1)c1nc(S(N)(=O)=O)n[nH]1. The number of benzene rings is 1. The van der Waals surface area contributed by atoms with Crippen LogP contribution < -0.4 is 5.14 Å². The van der Waals surface area contributed by atoms with Crippen molar-refractivity contribution < 1.29 is 13.2 Å². The van der Waals surface area contributed by atoms with Gasteiger partial charge in [0.05, 0.1) is 0 Å². The number of nitrogens with one attached hydrogen (secondary N) is 1. The highest BCUT2D eigenvalue weighted by atomic mass is 32.2. The van der Waals surface area contributed by atoms with Gasteiger partial charge in [0.25, 0.3) is 15.2 Å². The van der Waals surface area contributed by atoms with Crippen molar-refractivity contribution in [1.29, 1.82) is 0 Å². The first-order chi connectivity index (χ1) is 8.52. The molecule has 3 N–H and O–H groups in total. The minimum absolute atomic E-state index is 0.285. The van der Waals surface area contributed by atoms with Crippen LogP contribution >= 0.6 is 0 Å². The van der Waals surface area contributed by atoms with E-state index in [1.807, 2.05) is 30.3 Å². The van der Waals surface area contributed by atoms with E-state index in [9.17, 15) is 8.42 Å². The zero-order chi connectivity index (χ0) is 13.2. The molecule has 0 aliphatic rings. The van der Waals surface area contributed by atoms with Gasteiger partial charge in [0.2, 0.25) is 0 Å². The van der Waals surface area contributed by atoms with E-state index in [4.69, 9.17) is 9.88 Å². The van der Waals surface area contributed by atoms with Crippen molar-refractivity contribution in [2.45, 2.75) is 11.3 Å². The van der Waals surface area contributed by atoms with Crippen LogP contribution in [0.2, 0.25) is 0 Å². The molecule has 7 nitrogen and oxygen atoms in total. The van der Waals surface area contributed by atoms with Crippen LogP contribution in [-0.2, 0) is 14.8 Å². The smallest absolute Gasteiger partial charge is 0.282 e. The number of primary sulfonamides is 1. The Kier molecular flexibility index (Phi) is 3.41. The van der Waals surface area contributed by atoms with Crippen molar-refractivity contribution in [2.24, 2.45) is 5.14 Å². The molecular weight excluding hydrogens is 256 g/mol. The number of methoxy groups -OCH3 is 1. The first-order valence-electron chi connectivity index (χ1n) is 5.05. The van der Waals surface area contributed by atoms with E-state index in [0.717, 1.165) is 5.56 Å². The van der Waals surface area contributed by atoms with Crippen LogP contribution in [0.3, 0.4) is 0 Å². The Bertz CT molecular complexity index is 624. The van der Waals surface area contributed by atoms with Crippen molar-refractivity contribution >= 4 is 10.0 Å². The maximum Gasteiger partial charge on any atom is 0.282 e. The number of aromatic amines is 1. The van der Waals surface area contributed by atoms with Crippen molar-refractivity contribution in [3.63, 3.8) is 0 Å². The van der Waals surface area contributed by atoms with Crippen molar-refractivity contribution in [1.82, 2.24) is 15.2 Å².